The Morgan fingerprint density at radius 3 is 1.35 bits per heavy atom. The molecule has 6 N–H and O–H groups in total. The van der Waals surface area contributed by atoms with Gasteiger partial charge in [0.1, 0.15) is 0 Å². The van der Waals surface area contributed by atoms with Gasteiger partial charge in [-0.25, -0.2) is 0 Å². The van der Waals surface area contributed by atoms with Crippen LogP contribution in [0.1, 0.15) is 0 Å². The van der Waals surface area contributed by atoms with Crippen LogP contribution in [-0.2, 0) is 9.30 Å². The van der Waals surface area contributed by atoms with Crippen molar-refractivity contribution in [2.45, 2.75) is 0 Å². The van der Waals surface area contributed by atoms with Crippen LogP contribution in [0.4, 0.5) is 0 Å². The van der Waals surface area contributed by atoms with Gasteiger partial charge in [-0.15, -0.1) is 0 Å². The van der Waals surface area contributed by atoms with Gasteiger partial charge in [-0.05, 0) is 0 Å². The van der Waals surface area contributed by atoms with Crippen molar-refractivity contribution in [3.05, 3.63) is 0 Å². The molecule has 0 spiro atoms. The molecule has 8 nitrogen and oxygen atoms in total. The summed E-state index contributed by atoms with van der Waals surface area (Å²) in [4.78, 5) is 17.0. The zero-order valence-corrected chi connectivity index (χ0v) is 15.4. The Balaban J connectivity index is -0.0000000425. The maximum Gasteiger partial charge on any atom is 1.00 e. The Labute approximate surface area is 146 Å². The summed E-state index contributed by atoms with van der Waals surface area (Å²) in [6.45, 7) is 1.89. The zero-order chi connectivity index (χ0) is 12.5. The Kier molecular flexibility index (Phi) is 66.7. The molecule has 0 aliphatic carbocycles. The van der Waals surface area contributed by atoms with E-state index in [1.54, 1.807) is 0 Å². The van der Waals surface area contributed by atoms with Crippen LogP contribution in [0.25, 0.3) is 0 Å². The summed E-state index contributed by atoms with van der Waals surface area (Å²) in [6.07, 6.45) is 0. The minimum atomic E-state index is -3.63. The Morgan fingerprint density at radius 1 is 1.00 bits per heavy atom. The van der Waals surface area contributed by atoms with Crippen LogP contribution in [0.3, 0.4) is 0 Å². The normalized spacial score (nSPS) is 7.71. The first-order valence-corrected chi connectivity index (χ1v) is 5.36. The predicted octanol–water partition coefficient (Wildman–Crippen LogP) is -10.0. The second-order valence-corrected chi connectivity index (χ2v) is 2.39. The van der Waals surface area contributed by atoms with Crippen molar-refractivity contribution in [1.82, 2.24) is 0 Å². The molecule has 0 saturated heterocycles. The van der Waals surface area contributed by atoms with E-state index in [0.29, 0.717) is 26.3 Å². The molecule has 0 aliphatic heterocycles. The fraction of sp³-hybridized carbons (Fsp3) is 1.00. The summed E-state index contributed by atoms with van der Waals surface area (Å²) >= 11 is 0. The summed E-state index contributed by atoms with van der Waals surface area (Å²) in [5.74, 6) is 0. The Bertz CT molecular complexity index is 117. The van der Waals surface area contributed by atoms with Crippen molar-refractivity contribution < 1.29 is 88.4 Å². The van der Waals surface area contributed by atoms with E-state index < -0.39 is 8.25 Å². The second-order valence-electron chi connectivity index (χ2n) is 1.89. The van der Waals surface area contributed by atoms with Gasteiger partial charge >= 0.3 is 59.1 Å². The summed E-state index contributed by atoms with van der Waals surface area (Å²) in [5.41, 5.74) is 9.81. The molecule has 0 atom stereocenters. The van der Waals surface area contributed by atoms with Crippen molar-refractivity contribution in [3.63, 3.8) is 0 Å². The Morgan fingerprint density at radius 2 is 1.24 bits per heavy atom. The van der Waals surface area contributed by atoms with Crippen LogP contribution in [-0.4, -0.2) is 49.7 Å². The van der Waals surface area contributed by atoms with E-state index in [1.165, 1.54) is 0 Å². The monoisotopic (exact) mass is 292 g/mol. The van der Waals surface area contributed by atoms with E-state index in [-0.39, 0.29) is 72.3 Å². The molecule has 0 saturated carbocycles. The molecule has 0 aliphatic rings. The third-order valence-electron chi connectivity index (χ3n) is 0.638. The molecule has 0 heterocycles. The molecular formula is C6H19N2Na2O6P. The van der Waals surface area contributed by atoms with Gasteiger partial charge < -0.3 is 40.8 Å². The largest absolute Gasteiger partial charge is 1.00 e. The number of ether oxygens (including phenoxy) is 1. The van der Waals surface area contributed by atoms with E-state index in [2.05, 4.69) is 4.74 Å². The van der Waals surface area contributed by atoms with E-state index in [1.807, 2.05) is 0 Å². The van der Waals surface area contributed by atoms with E-state index >= 15 is 0 Å². The summed E-state index contributed by atoms with van der Waals surface area (Å²) in [6, 6.07) is 0. The van der Waals surface area contributed by atoms with Gasteiger partial charge in [0.2, 0.25) is 0 Å². The number of hydrogen-bond donors (Lipinski definition) is 4. The smallest absolute Gasteiger partial charge is 0.813 e. The van der Waals surface area contributed by atoms with Gasteiger partial charge in [0, 0.05) is 13.1 Å². The molecule has 0 aromatic carbocycles. The van der Waals surface area contributed by atoms with Gasteiger partial charge in [0.15, 0.2) is 0 Å². The first-order valence-electron chi connectivity index (χ1n) is 4.14. The SMILES string of the molecule is NCCN.O=[PH]([O-])[O-].OCCOCCO.[Na+].[Na+]. The van der Waals surface area contributed by atoms with Crippen molar-refractivity contribution >= 4 is 8.25 Å². The summed E-state index contributed by atoms with van der Waals surface area (Å²) in [5, 5.41) is 16.2. The maximum absolute atomic E-state index is 8.52. The maximum atomic E-state index is 8.52. The number of rotatable bonds is 5. The van der Waals surface area contributed by atoms with Crippen molar-refractivity contribution in [1.29, 1.82) is 0 Å². The molecule has 0 amide bonds. The van der Waals surface area contributed by atoms with Crippen LogP contribution in [0.15, 0.2) is 0 Å². The molecule has 0 radical (unpaired) electrons. The average molecular weight is 292 g/mol. The zero-order valence-electron chi connectivity index (χ0n) is 10.4. The van der Waals surface area contributed by atoms with Crippen molar-refractivity contribution in [2.24, 2.45) is 11.5 Å². The number of aliphatic hydroxyl groups is 2. The van der Waals surface area contributed by atoms with Crippen LogP contribution in [0.5, 0.6) is 0 Å². The third kappa shape index (κ3) is 94.5. The molecular weight excluding hydrogens is 273 g/mol. The number of nitrogens with two attached hydrogens (primary N) is 2. The molecule has 0 fully saturated rings. The molecule has 0 aromatic heterocycles. The van der Waals surface area contributed by atoms with E-state index in [9.17, 15) is 0 Å². The summed E-state index contributed by atoms with van der Waals surface area (Å²) < 4.78 is 13.2. The minimum absolute atomic E-state index is 0. The van der Waals surface area contributed by atoms with Crippen LogP contribution >= 0.6 is 8.25 Å². The predicted molar refractivity (Wildman–Crippen MR) is 52.1 cm³/mol. The fourth-order valence-electron chi connectivity index (χ4n) is 0.231. The molecule has 0 rings (SSSR count). The van der Waals surface area contributed by atoms with Gasteiger partial charge in [-0.2, -0.15) is 0 Å². The van der Waals surface area contributed by atoms with Crippen LogP contribution < -0.4 is 80.4 Å². The Hall–Kier alpha value is 1.95. The first-order chi connectivity index (χ1) is 7.06. The van der Waals surface area contributed by atoms with E-state index in [0.717, 1.165) is 0 Å². The molecule has 0 unspecified atom stereocenters. The summed E-state index contributed by atoms with van der Waals surface area (Å²) in [7, 11) is -3.63. The molecule has 11 heteroatoms. The van der Waals surface area contributed by atoms with Crippen molar-refractivity contribution in [2.75, 3.05) is 39.5 Å². The fourth-order valence-corrected chi connectivity index (χ4v) is 0.231. The quantitative estimate of drug-likeness (QED) is 0.220. The third-order valence-corrected chi connectivity index (χ3v) is 0.638. The van der Waals surface area contributed by atoms with Gasteiger partial charge in [-0.3, -0.25) is 0 Å². The number of hydrogen-bond acceptors (Lipinski definition) is 8. The molecule has 0 bridgehead atoms. The standard InChI is InChI=1S/C4H10O3.C2H8N2.2Na.H3O3P/c5-1-3-7-4-2-6;3-1-2-4;;;1-4(2)3/h5-6H,1-4H2;1-4H2;;;4H,(H2,1,2,3)/q;;2*+1;/p-2. The molecule has 17 heavy (non-hydrogen) atoms. The molecule has 96 valence electrons. The van der Waals surface area contributed by atoms with Gasteiger partial charge in [-0.1, -0.05) is 8.25 Å². The van der Waals surface area contributed by atoms with Crippen molar-refractivity contribution in [3.8, 4) is 0 Å². The second kappa shape index (κ2) is 36.1. The van der Waals surface area contributed by atoms with Gasteiger partial charge in [0.05, 0.1) is 26.4 Å². The first kappa shape index (κ1) is 31.4. The van der Waals surface area contributed by atoms with Crippen LogP contribution in [0.2, 0.25) is 0 Å². The molecule has 0 aromatic rings. The van der Waals surface area contributed by atoms with Gasteiger partial charge in [0.25, 0.3) is 0 Å². The topological polar surface area (TPSA) is 165 Å². The number of aliphatic hydroxyl groups excluding tert-OH is 2. The average Bonchev–Trinajstić information content (AvgIpc) is 2.18. The minimum Gasteiger partial charge on any atom is -0.813 e. The van der Waals surface area contributed by atoms with Crippen LogP contribution in [0, 0.1) is 0 Å². The van der Waals surface area contributed by atoms with E-state index in [4.69, 9.17) is 36.0 Å².